The second-order valence-electron chi connectivity index (χ2n) is 5.85. The molecule has 0 amide bonds. The molecule has 1 saturated carbocycles. The highest BCUT2D eigenvalue weighted by molar-refractivity contribution is 7.99. The average molecular weight is 343 g/mol. The fourth-order valence-corrected chi connectivity index (χ4v) is 3.84. The molecule has 0 spiro atoms. The molecule has 3 nitrogen and oxygen atoms in total. The third kappa shape index (κ3) is 3.19. The Morgan fingerprint density at radius 3 is 1.96 bits per heavy atom. The van der Waals surface area contributed by atoms with Gasteiger partial charge in [-0.1, -0.05) is 36.0 Å². The summed E-state index contributed by atoms with van der Waals surface area (Å²) in [4.78, 5) is 0. The van der Waals surface area contributed by atoms with Crippen LogP contribution in [0.3, 0.4) is 0 Å². The summed E-state index contributed by atoms with van der Waals surface area (Å²) in [6.07, 6.45) is 4.04. The summed E-state index contributed by atoms with van der Waals surface area (Å²) in [5.41, 5.74) is 1.89. The molecule has 0 aliphatic heterocycles. The number of aromatic nitrogens is 3. The van der Waals surface area contributed by atoms with Crippen LogP contribution >= 0.6 is 11.8 Å². The van der Waals surface area contributed by atoms with E-state index in [2.05, 4.69) is 14.8 Å². The van der Waals surface area contributed by atoms with Crippen LogP contribution in [0.15, 0.2) is 60.0 Å². The Hall–Kier alpha value is -2.21. The lowest BCUT2D eigenvalue weighted by atomic mass is 10.0. The maximum absolute atomic E-state index is 13.3. The largest absolute Gasteiger partial charge is 0.305 e. The van der Waals surface area contributed by atoms with Crippen molar-refractivity contribution in [3.05, 3.63) is 77.6 Å². The molecule has 0 atom stereocenters. The Kier molecular flexibility index (Phi) is 4.06. The number of thioether (sulfide) groups is 1. The molecule has 6 heteroatoms. The van der Waals surface area contributed by atoms with E-state index in [1.165, 1.54) is 24.3 Å². The molecule has 0 unspecified atom stereocenters. The lowest BCUT2D eigenvalue weighted by molar-refractivity contribution is 0.626. The summed E-state index contributed by atoms with van der Waals surface area (Å²) in [6.45, 7) is 0. The minimum Gasteiger partial charge on any atom is -0.305 e. The molecule has 2 aromatic carbocycles. The molecule has 0 bridgehead atoms. The zero-order valence-electron chi connectivity index (χ0n) is 12.8. The SMILES string of the molecule is Fc1ccc(C(Sc2nncn2C2CC2)c2ccc(F)cc2)cc1. The molecule has 4 rings (SSSR count). The summed E-state index contributed by atoms with van der Waals surface area (Å²) in [5, 5.41) is 8.98. The lowest BCUT2D eigenvalue weighted by Gasteiger charge is -2.17. The van der Waals surface area contributed by atoms with Gasteiger partial charge in [0.05, 0.1) is 5.25 Å². The van der Waals surface area contributed by atoms with E-state index in [1.807, 2.05) is 0 Å². The van der Waals surface area contributed by atoms with Crippen LogP contribution in [0.25, 0.3) is 0 Å². The van der Waals surface area contributed by atoms with Gasteiger partial charge in [0.25, 0.3) is 0 Å². The zero-order valence-corrected chi connectivity index (χ0v) is 13.6. The Morgan fingerprint density at radius 1 is 0.917 bits per heavy atom. The molecule has 0 N–H and O–H groups in total. The second kappa shape index (κ2) is 6.36. The van der Waals surface area contributed by atoms with Crippen molar-refractivity contribution in [2.45, 2.75) is 29.3 Å². The molecule has 24 heavy (non-hydrogen) atoms. The Balaban J connectivity index is 1.70. The summed E-state index contributed by atoms with van der Waals surface area (Å²) in [6, 6.07) is 13.3. The zero-order chi connectivity index (χ0) is 16.5. The fourth-order valence-electron chi connectivity index (χ4n) is 2.63. The van der Waals surface area contributed by atoms with Gasteiger partial charge in [0.1, 0.15) is 18.0 Å². The quantitative estimate of drug-likeness (QED) is 0.625. The highest BCUT2D eigenvalue weighted by Gasteiger charge is 2.28. The number of hydrogen-bond donors (Lipinski definition) is 0. The molecular formula is C18H15F2N3S. The predicted octanol–water partition coefficient (Wildman–Crippen LogP) is 4.77. The minimum absolute atomic E-state index is 0.104. The van der Waals surface area contributed by atoms with E-state index in [4.69, 9.17) is 0 Å². The second-order valence-corrected chi connectivity index (χ2v) is 6.93. The third-order valence-corrected chi connectivity index (χ3v) is 5.33. The Morgan fingerprint density at radius 2 is 1.46 bits per heavy atom. The Bertz CT molecular complexity index is 781. The first-order valence-electron chi connectivity index (χ1n) is 7.78. The maximum Gasteiger partial charge on any atom is 0.192 e. The van der Waals surface area contributed by atoms with E-state index in [0.29, 0.717) is 6.04 Å². The van der Waals surface area contributed by atoms with Gasteiger partial charge in [0.15, 0.2) is 5.16 Å². The van der Waals surface area contributed by atoms with Crippen LogP contribution in [-0.4, -0.2) is 14.8 Å². The first-order valence-corrected chi connectivity index (χ1v) is 8.66. The molecular weight excluding hydrogens is 328 g/mol. The van der Waals surface area contributed by atoms with Crippen molar-refractivity contribution in [3.8, 4) is 0 Å². The van der Waals surface area contributed by atoms with Crippen LogP contribution in [0, 0.1) is 11.6 Å². The molecule has 1 fully saturated rings. The first kappa shape index (κ1) is 15.3. The van der Waals surface area contributed by atoms with Crippen LogP contribution in [0.2, 0.25) is 0 Å². The smallest absolute Gasteiger partial charge is 0.192 e. The van der Waals surface area contributed by atoms with Crippen LogP contribution in [0.4, 0.5) is 8.78 Å². The number of halogens is 2. The van der Waals surface area contributed by atoms with Gasteiger partial charge >= 0.3 is 0 Å². The lowest BCUT2D eigenvalue weighted by Crippen LogP contribution is -2.01. The van der Waals surface area contributed by atoms with Crippen molar-refractivity contribution in [1.82, 2.24) is 14.8 Å². The standard InChI is InChI=1S/C18H15F2N3S/c19-14-5-1-12(2-6-14)17(13-3-7-15(20)8-4-13)24-18-22-21-11-23(18)16-9-10-16/h1-8,11,16-17H,9-10H2. The number of rotatable bonds is 5. The van der Waals surface area contributed by atoms with E-state index in [9.17, 15) is 8.78 Å². The van der Waals surface area contributed by atoms with Crippen molar-refractivity contribution in [3.63, 3.8) is 0 Å². The van der Waals surface area contributed by atoms with Gasteiger partial charge in [-0.15, -0.1) is 10.2 Å². The molecule has 0 radical (unpaired) electrons. The van der Waals surface area contributed by atoms with Gasteiger partial charge in [-0.25, -0.2) is 8.78 Å². The van der Waals surface area contributed by atoms with Crippen LogP contribution < -0.4 is 0 Å². The summed E-state index contributed by atoms with van der Waals surface area (Å²) >= 11 is 1.55. The average Bonchev–Trinajstić information content (AvgIpc) is 3.33. The topological polar surface area (TPSA) is 30.7 Å². The van der Waals surface area contributed by atoms with E-state index >= 15 is 0 Å². The highest BCUT2D eigenvalue weighted by Crippen LogP contribution is 2.43. The highest BCUT2D eigenvalue weighted by atomic mass is 32.2. The summed E-state index contributed by atoms with van der Waals surface area (Å²) < 4.78 is 28.6. The molecule has 1 aromatic heterocycles. The van der Waals surface area contributed by atoms with E-state index in [1.54, 1.807) is 42.4 Å². The van der Waals surface area contributed by atoms with Crippen LogP contribution in [0.1, 0.15) is 35.3 Å². The fraction of sp³-hybridized carbons (Fsp3) is 0.222. The van der Waals surface area contributed by atoms with Gasteiger partial charge in [-0.05, 0) is 48.2 Å². The minimum atomic E-state index is -0.275. The van der Waals surface area contributed by atoms with Gasteiger partial charge in [-0.2, -0.15) is 0 Å². The normalized spacial score (nSPS) is 14.3. The maximum atomic E-state index is 13.3. The molecule has 1 aliphatic carbocycles. The van der Waals surface area contributed by atoms with Crippen LogP contribution in [0.5, 0.6) is 0 Å². The molecule has 1 aliphatic rings. The van der Waals surface area contributed by atoms with Crippen molar-refractivity contribution >= 4 is 11.8 Å². The monoisotopic (exact) mass is 343 g/mol. The number of benzene rings is 2. The van der Waals surface area contributed by atoms with Crippen molar-refractivity contribution in [2.75, 3.05) is 0 Å². The molecule has 0 saturated heterocycles. The van der Waals surface area contributed by atoms with Crippen LogP contribution in [-0.2, 0) is 0 Å². The van der Waals surface area contributed by atoms with Gasteiger partial charge in [0, 0.05) is 6.04 Å². The number of nitrogens with zero attached hydrogens (tertiary/aromatic N) is 3. The van der Waals surface area contributed by atoms with E-state index in [-0.39, 0.29) is 16.9 Å². The third-order valence-electron chi connectivity index (χ3n) is 4.05. The summed E-state index contributed by atoms with van der Waals surface area (Å²) in [7, 11) is 0. The molecule has 1 heterocycles. The molecule has 122 valence electrons. The first-order chi connectivity index (χ1) is 11.7. The molecule has 3 aromatic rings. The van der Waals surface area contributed by atoms with Crippen molar-refractivity contribution in [1.29, 1.82) is 0 Å². The summed E-state index contributed by atoms with van der Waals surface area (Å²) in [5.74, 6) is -0.550. The van der Waals surface area contributed by atoms with E-state index in [0.717, 1.165) is 29.1 Å². The number of hydrogen-bond acceptors (Lipinski definition) is 3. The van der Waals surface area contributed by atoms with Crippen molar-refractivity contribution < 1.29 is 8.78 Å². The van der Waals surface area contributed by atoms with E-state index < -0.39 is 0 Å². The van der Waals surface area contributed by atoms with Crippen molar-refractivity contribution in [2.24, 2.45) is 0 Å². The van der Waals surface area contributed by atoms with Gasteiger partial charge in [0.2, 0.25) is 0 Å². The Labute approximate surface area is 142 Å². The predicted molar refractivity (Wildman–Crippen MR) is 88.8 cm³/mol. The van der Waals surface area contributed by atoms with Gasteiger partial charge in [-0.3, -0.25) is 0 Å². The van der Waals surface area contributed by atoms with Gasteiger partial charge < -0.3 is 4.57 Å².